The lowest BCUT2D eigenvalue weighted by atomic mass is 9.77. The molecule has 162 valence electrons. The molecule has 1 heterocycles. The van der Waals surface area contributed by atoms with Crippen molar-refractivity contribution in [3.05, 3.63) is 35.9 Å². The maximum atomic E-state index is 13.0. The minimum absolute atomic E-state index is 0.0293. The third-order valence-electron chi connectivity index (χ3n) is 7.05. The first kappa shape index (κ1) is 20.9. The number of benzene rings is 1. The number of hydrogen-bond donors (Lipinski definition) is 1. The van der Waals surface area contributed by atoms with Crippen molar-refractivity contribution in [1.82, 2.24) is 10.2 Å². The van der Waals surface area contributed by atoms with E-state index in [2.05, 4.69) is 19.2 Å². The second-order valence-electron chi connectivity index (χ2n) is 9.29. The fraction of sp³-hybridized carbons (Fsp3) is 0.625. The van der Waals surface area contributed by atoms with Gasteiger partial charge < -0.3 is 15.0 Å². The summed E-state index contributed by atoms with van der Waals surface area (Å²) in [6, 6.07) is 9.48. The standard InChI is InChI=1S/C24H32N2O4/c1-15-7-6-10-20(16(15)2)26-14-18(13-21(26)27)24(29)30-22(17-8-4-3-5-9-17)23(28)25-19-11-12-19/h3-5,8-9,15-16,18-20,22H,6-7,10-14H2,1-2H3,(H,25,28)/t15-,16+,18+,20+,22-/m0/s1. The van der Waals surface area contributed by atoms with Crippen molar-refractivity contribution in [2.45, 2.75) is 70.6 Å². The summed E-state index contributed by atoms with van der Waals surface area (Å²) in [5.74, 6) is -0.214. The van der Waals surface area contributed by atoms with Crippen LogP contribution in [0, 0.1) is 17.8 Å². The van der Waals surface area contributed by atoms with E-state index in [0.29, 0.717) is 23.9 Å². The Kier molecular flexibility index (Phi) is 6.11. The zero-order chi connectivity index (χ0) is 21.3. The molecule has 1 aromatic rings. The van der Waals surface area contributed by atoms with Crippen molar-refractivity contribution < 1.29 is 19.1 Å². The third-order valence-corrected chi connectivity index (χ3v) is 7.05. The second kappa shape index (κ2) is 8.78. The van der Waals surface area contributed by atoms with Crippen molar-refractivity contribution >= 4 is 17.8 Å². The summed E-state index contributed by atoms with van der Waals surface area (Å²) < 4.78 is 5.71. The highest BCUT2D eigenvalue weighted by Gasteiger charge is 2.43. The van der Waals surface area contributed by atoms with Crippen LogP contribution in [0.4, 0.5) is 0 Å². The topological polar surface area (TPSA) is 75.7 Å². The quantitative estimate of drug-likeness (QED) is 0.728. The monoisotopic (exact) mass is 412 g/mol. The number of rotatable bonds is 6. The van der Waals surface area contributed by atoms with Crippen molar-refractivity contribution in [2.75, 3.05) is 6.54 Å². The molecule has 6 nitrogen and oxygen atoms in total. The van der Waals surface area contributed by atoms with E-state index in [-0.39, 0.29) is 30.3 Å². The van der Waals surface area contributed by atoms with Crippen LogP contribution in [0.5, 0.6) is 0 Å². The molecule has 2 amide bonds. The first-order valence-corrected chi connectivity index (χ1v) is 11.3. The highest BCUT2D eigenvalue weighted by Crippen LogP contribution is 2.36. The average Bonchev–Trinajstić information content (AvgIpc) is 3.47. The van der Waals surface area contributed by atoms with Gasteiger partial charge in [0.1, 0.15) is 0 Å². The normalized spacial score (nSPS) is 30.1. The molecule has 5 atom stereocenters. The number of esters is 1. The Morgan fingerprint density at radius 1 is 1.10 bits per heavy atom. The first-order chi connectivity index (χ1) is 14.4. The van der Waals surface area contributed by atoms with Gasteiger partial charge in [0.25, 0.3) is 5.91 Å². The molecule has 1 N–H and O–H groups in total. The molecular formula is C24H32N2O4. The minimum Gasteiger partial charge on any atom is -0.447 e. The molecule has 30 heavy (non-hydrogen) atoms. The van der Waals surface area contributed by atoms with Crippen LogP contribution in [0.25, 0.3) is 0 Å². The van der Waals surface area contributed by atoms with E-state index < -0.39 is 18.0 Å². The Hall–Kier alpha value is -2.37. The van der Waals surface area contributed by atoms with Crippen molar-refractivity contribution in [3.63, 3.8) is 0 Å². The van der Waals surface area contributed by atoms with E-state index in [9.17, 15) is 14.4 Å². The molecule has 0 bridgehead atoms. The summed E-state index contributed by atoms with van der Waals surface area (Å²) in [7, 11) is 0. The molecule has 1 saturated heterocycles. The van der Waals surface area contributed by atoms with Gasteiger partial charge in [-0.2, -0.15) is 0 Å². The van der Waals surface area contributed by atoms with Crippen molar-refractivity contribution in [3.8, 4) is 0 Å². The fourth-order valence-electron chi connectivity index (χ4n) is 4.82. The number of amides is 2. The Labute approximate surface area is 178 Å². The van der Waals surface area contributed by atoms with Gasteiger partial charge in [0.05, 0.1) is 5.92 Å². The predicted molar refractivity (Wildman–Crippen MR) is 112 cm³/mol. The van der Waals surface area contributed by atoms with Gasteiger partial charge in [-0.05, 0) is 31.1 Å². The molecule has 3 aliphatic rings. The Morgan fingerprint density at radius 3 is 2.53 bits per heavy atom. The van der Waals surface area contributed by atoms with Crippen LogP contribution < -0.4 is 5.32 Å². The maximum absolute atomic E-state index is 13.0. The van der Waals surface area contributed by atoms with Gasteiger partial charge in [-0.15, -0.1) is 0 Å². The Balaban J connectivity index is 1.43. The zero-order valence-corrected chi connectivity index (χ0v) is 17.9. The van der Waals surface area contributed by atoms with Crippen molar-refractivity contribution in [1.29, 1.82) is 0 Å². The summed E-state index contributed by atoms with van der Waals surface area (Å²) in [6.45, 7) is 4.85. The highest BCUT2D eigenvalue weighted by atomic mass is 16.5. The number of hydrogen-bond acceptors (Lipinski definition) is 4. The molecule has 0 aromatic heterocycles. The van der Waals surface area contributed by atoms with E-state index in [4.69, 9.17) is 4.74 Å². The predicted octanol–water partition coefficient (Wildman–Crippen LogP) is 3.22. The summed E-state index contributed by atoms with van der Waals surface area (Å²) in [6.07, 6.45) is 4.43. The minimum atomic E-state index is -0.975. The van der Waals surface area contributed by atoms with E-state index in [1.807, 2.05) is 23.1 Å². The molecule has 6 heteroatoms. The Bertz CT molecular complexity index is 792. The van der Waals surface area contributed by atoms with Gasteiger partial charge in [0.2, 0.25) is 12.0 Å². The molecule has 3 fully saturated rings. The molecule has 2 saturated carbocycles. The largest absolute Gasteiger partial charge is 0.447 e. The van der Waals surface area contributed by atoms with E-state index in [0.717, 1.165) is 25.7 Å². The molecular weight excluding hydrogens is 380 g/mol. The summed E-state index contributed by atoms with van der Waals surface area (Å²) in [5, 5.41) is 2.93. The first-order valence-electron chi connectivity index (χ1n) is 11.3. The molecule has 0 radical (unpaired) electrons. The van der Waals surface area contributed by atoms with Crippen LogP contribution in [-0.2, 0) is 19.1 Å². The molecule has 0 spiro atoms. The average molecular weight is 413 g/mol. The number of carbonyl (C=O) groups excluding carboxylic acids is 3. The van der Waals surface area contributed by atoms with Gasteiger partial charge in [0.15, 0.2) is 0 Å². The molecule has 4 rings (SSSR count). The number of ether oxygens (including phenoxy) is 1. The van der Waals surface area contributed by atoms with E-state index in [1.54, 1.807) is 12.1 Å². The van der Waals surface area contributed by atoms with E-state index in [1.165, 1.54) is 6.42 Å². The third kappa shape index (κ3) is 4.52. The maximum Gasteiger partial charge on any atom is 0.312 e. The van der Waals surface area contributed by atoms with Crippen LogP contribution in [0.2, 0.25) is 0 Å². The number of likely N-dealkylation sites (tertiary alicyclic amines) is 1. The van der Waals surface area contributed by atoms with Crippen molar-refractivity contribution in [2.24, 2.45) is 17.8 Å². The molecule has 1 aromatic carbocycles. The SMILES string of the molecule is C[C@H]1[C@H](N2C[C@H](C(=O)O[C@H](C(=O)NC3CC3)c3ccccc3)CC2=O)CCC[C@@H]1C. The van der Waals surface area contributed by atoms with Gasteiger partial charge in [-0.25, -0.2) is 0 Å². The van der Waals surface area contributed by atoms with Crippen LogP contribution in [0.15, 0.2) is 30.3 Å². The number of carbonyl (C=O) groups is 3. The Morgan fingerprint density at radius 2 is 1.83 bits per heavy atom. The van der Waals surface area contributed by atoms with Gasteiger partial charge in [-0.1, -0.05) is 57.0 Å². The summed E-state index contributed by atoms with van der Waals surface area (Å²) >= 11 is 0. The van der Waals surface area contributed by atoms with E-state index >= 15 is 0 Å². The summed E-state index contributed by atoms with van der Waals surface area (Å²) in [5.41, 5.74) is 0.653. The molecule has 2 aliphatic carbocycles. The fourth-order valence-corrected chi connectivity index (χ4v) is 4.82. The lowest BCUT2D eigenvalue weighted by molar-refractivity contribution is -0.160. The molecule has 1 aliphatic heterocycles. The number of nitrogens with zero attached hydrogens (tertiary/aromatic N) is 1. The van der Waals surface area contributed by atoms with Crippen LogP contribution >= 0.6 is 0 Å². The second-order valence-corrected chi connectivity index (χ2v) is 9.29. The van der Waals surface area contributed by atoms with Gasteiger partial charge in [-0.3, -0.25) is 14.4 Å². The zero-order valence-electron chi connectivity index (χ0n) is 17.9. The van der Waals surface area contributed by atoms with Gasteiger partial charge in [0, 0.05) is 30.6 Å². The highest BCUT2D eigenvalue weighted by molar-refractivity contribution is 5.89. The van der Waals surface area contributed by atoms with Gasteiger partial charge >= 0.3 is 5.97 Å². The summed E-state index contributed by atoms with van der Waals surface area (Å²) in [4.78, 5) is 40.3. The van der Waals surface area contributed by atoms with Crippen LogP contribution in [0.1, 0.15) is 64.0 Å². The lowest BCUT2D eigenvalue weighted by Gasteiger charge is -2.40. The lowest BCUT2D eigenvalue weighted by Crippen LogP contribution is -2.45. The molecule has 0 unspecified atom stereocenters. The van der Waals surface area contributed by atoms with Crippen LogP contribution in [0.3, 0.4) is 0 Å². The number of nitrogens with one attached hydrogen (secondary N) is 1. The van der Waals surface area contributed by atoms with Crippen LogP contribution in [-0.4, -0.2) is 41.3 Å². The smallest absolute Gasteiger partial charge is 0.312 e.